The summed E-state index contributed by atoms with van der Waals surface area (Å²) in [5.41, 5.74) is 1.34. The molecule has 0 saturated carbocycles. The van der Waals surface area contributed by atoms with Gasteiger partial charge in [-0.05, 0) is 30.7 Å². The average Bonchev–Trinajstić information content (AvgIpc) is 2.45. The highest BCUT2D eigenvalue weighted by Gasteiger charge is 1.96. The third kappa shape index (κ3) is 8.26. The molecule has 1 rings (SSSR count). The second-order valence-corrected chi connectivity index (χ2v) is 5.40. The summed E-state index contributed by atoms with van der Waals surface area (Å²) in [5.74, 6) is 1.10. The average molecular weight is 283 g/mol. The maximum atomic E-state index is 5.43. The summed E-state index contributed by atoms with van der Waals surface area (Å²) >= 11 is 1.89. The van der Waals surface area contributed by atoms with Crippen molar-refractivity contribution in [1.82, 2.24) is 5.32 Å². The fraction of sp³-hybridized carbons (Fsp3) is 0.600. The molecule has 0 aromatic heterocycles. The van der Waals surface area contributed by atoms with E-state index in [0.717, 1.165) is 31.9 Å². The molecule has 0 aliphatic carbocycles. The summed E-state index contributed by atoms with van der Waals surface area (Å²) in [5, 5.41) is 3.33. The first kappa shape index (κ1) is 16.5. The van der Waals surface area contributed by atoms with E-state index in [9.17, 15) is 0 Å². The first-order valence-electron chi connectivity index (χ1n) is 6.86. The highest BCUT2D eigenvalue weighted by atomic mass is 32.2. The molecule has 4 heteroatoms. The van der Waals surface area contributed by atoms with Gasteiger partial charge in [0, 0.05) is 30.9 Å². The highest BCUT2D eigenvalue weighted by molar-refractivity contribution is 7.99. The zero-order valence-corrected chi connectivity index (χ0v) is 12.8. The van der Waals surface area contributed by atoms with Crippen molar-refractivity contribution < 1.29 is 9.47 Å². The van der Waals surface area contributed by atoms with Gasteiger partial charge in [-0.3, -0.25) is 0 Å². The molecule has 0 atom stereocenters. The molecule has 0 unspecified atom stereocenters. The predicted molar refractivity (Wildman–Crippen MR) is 81.9 cm³/mol. The molecule has 0 radical (unpaired) electrons. The largest absolute Gasteiger partial charge is 0.382 e. The molecule has 19 heavy (non-hydrogen) atoms. The quantitative estimate of drug-likeness (QED) is 0.500. The van der Waals surface area contributed by atoms with Gasteiger partial charge < -0.3 is 14.8 Å². The van der Waals surface area contributed by atoms with E-state index in [4.69, 9.17) is 9.47 Å². The predicted octanol–water partition coefficient (Wildman–Crippen LogP) is 2.94. The van der Waals surface area contributed by atoms with Crippen molar-refractivity contribution in [2.45, 2.75) is 24.8 Å². The van der Waals surface area contributed by atoms with E-state index in [1.54, 1.807) is 7.11 Å². The van der Waals surface area contributed by atoms with Crippen molar-refractivity contribution in [3.63, 3.8) is 0 Å². The van der Waals surface area contributed by atoms with Crippen molar-refractivity contribution in [2.75, 3.05) is 39.2 Å². The smallest absolute Gasteiger partial charge is 0.0700 e. The fourth-order valence-electron chi connectivity index (χ4n) is 1.57. The maximum Gasteiger partial charge on any atom is 0.0700 e. The number of hydrogen-bond acceptors (Lipinski definition) is 4. The van der Waals surface area contributed by atoms with Crippen LogP contribution in [0.1, 0.15) is 18.9 Å². The number of hydrogen-bond donors (Lipinski definition) is 1. The Morgan fingerprint density at radius 3 is 2.58 bits per heavy atom. The van der Waals surface area contributed by atoms with Gasteiger partial charge in [0.2, 0.25) is 0 Å². The first-order valence-corrected chi connectivity index (χ1v) is 7.84. The van der Waals surface area contributed by atoms with Crippen molar-refractivity contribution in [3.8, 4) is 0 Å². The van der Waals surface area contributed by atoms with Crippen molar-refractivity contribution >= 4 is 11.8 Å². The van der Waals surface area contributed by atoms with Crippen LogP contribution in [-0.2, 0) is 16.0 Å². The Kier molecular flexibility index (Phi) is 9.81. The number of ether oxygens (including phenoxy) is 2. The highest BCUT2D eigenvalue weighted by Crippen LogP contribution is 2.19. The standard InChI is InChI=1S/C15H25NO2S/c1-3-16-13-14-5-7-15(8-6-14)19-12-4-9-18-11-10-17-2/h5-8,16H,3-4,9-13H2,1-2H3. The van der Waals surface area contributed by atoms with E-state index in [1.807, 2.05) is 11.8 Å². The number of rotatable bonds is 11. The van der Waals surface area contributed by atoms with E-state index in [0.29, 0.717) is 13.2 Å². The van der Waals surface area contributed by atoms with Gasteiger partial charge in [-0.1, -0.05) is 19.1 Å². The second-order valence-electron chi connectivity index (χ2n) is 4.23. The molecule has 0 aliphatic heterocycles. The molecule has 1 aromatic rings. The van der Waals surface area contributed by atoms with Crippen molar-refractivity contribution in [1.29, 1.82) is 0 Å². The summed E-state index contributed by atoms with van der Waals surface area (Å²) < 4.78 is 10.4. The number of thioether (sulfide) groups is 1. The Bertz CT molecular complexity index is 316. The van der Waals surface area contributed by atoms with Crippen LogP contribution in [-0.4, -0.2) is 39.2 Å². The van der Waals surface area contributed by atoms with Crippen LogP contribution in [0.5, 0.6) is 0 Å². The van der Waals surface area contributed by atoms with Gasteiger partial charge >= 0.3 is 0 Å². The second kappa shape index (κ2) is 11.3. The van der Waals surface area contributed by atoms with Gasteiger partial charge in [-0.25, -0.2) is 0 Å². The number of benzene rings is 1. The van der Waals surface area contributed by atoms with Gasteiger partial charge in [0.1, 0.15) is 0 Å². The molecule has 1 aromatic carbocycles. The van der Waals surface area contributed by atoms with Gasteiger partial charge in [-0.2, -0.15) is 0 Å². The lowest BCUT2D eigenvalue weighted by Crippen LogP contribution is -2.11. The number of nitrogens with one attached hydrogen (secondary N) is 1. The van der Waals surface area contributed by atoms with E-state index in [-0.39, 0.29) is 0 Å². The lowest BCUT2D eigenvalue weighted by atomic mass is 10.2. The van der Waals surface area contributed by atoms with E-state index < -0.39 is 0 Å². The molecule has 1 N–H and O–H groups in total. The molecule has 0 heterocycles. The molecule has 0 amide bonds. The molecule has 108 valence electrons. The first-order chi connectivity index (χ1) is 9.36. The van der Waals surface area contributed by atoms with Crippen LogP contribution in [0.2, 0.25) is 0 Å². The van der Waals surface area contributed by atoms with Crippen LogP contribution < -0.4 is 5.32 Å². The number of methoxy groups -OCH3 is 1. The summed E-state index contributed by atoms with van der Waals surface area (Å²) in [4.78, 5) is 1.33. The van der Waals surface area contributed by atoms with Crippen LogP contribution in [0, 0.1) is 0 Å². The van der Waals surface area contributed by atoms with E-state index in [1.165, 1.54) is 10.5 Å². The normalized spacial score (nSPS) is 10.8. The summed E-state index contributed by atoms with van der Waals surface area (Å²) in [6.07, 6.45) is 1.08. The van der Waals surface area contributed by atoms with E-state index in [2.05, 4.69) is 36.5 Å². The molecule has 0 aliphatic rings. The summed E-state index contributed by atoms with van der Waals surface area (Å²) in [6, 6.07) is 8.78. The topological polar surface area (TPSA) is 30.5 Å². The van der Waals surface area contributed by atoms with Crippen LogP contribution in [0.15, 0.2) is 29.2 Å². The summed E-state index contributed by atoms with van der Waals surface area (Å²) in [7, 11) is 1.69. The zero-order valence-electron chi connectivity index (χ0n) is 12.0. The Labute approximate surface area is 121 Å². The van der Waals surface area contributed by atoms with Crippen molar-refractivity contribution in [2.24, 2.45) is 0 Å². The fourth-order valence-corrected chi connectivity index (χ4v) is 2.39. The lowest BCUT2D eigenvalue weighted by Gasteiger charge is -2.05. The Morgan fingerprint density at radius 2 is 1.89 bits per heavy atom. The molecular formula is C15H25NO2S. The van der Waals surface area contributed by atoms with Gasteiger partial charge in [0.15, 0.2) is 0 Å². The maximum absolute atomic E-state index is 5.43. The monoisotopic (exact) mass is 283 g/mol. The van der Waals surface area contributed by atoms with Crippen LogP contribution in [0.25, 0.3) is 0 Å². The minimum absolute atomic E-state index is 0.681. The minimum atomic E-state index is 0.681. The zero-order chi connectivity index (χ0) is 13.8. The Morgan fingerprint density at radius 1 is 1.11 bits per heavy atom. The third-order valence-electron chi connectivity index (χ3n) is 2.64. The Balaban J connectivity index is 2.09. The molecule has 0 fully saturated rings. The molecule has 0 spiro atoms. The molecule has 0 bridgehead atoms. The molecule has 3 nitrogen and oxygen atoms in total. The summed E-state index contributed by atoms with van der Waals surface area (Å²) in [6.45, 7) is 6.28. The van der Waals surface area contributed by atoms with Crippen LogP contribution >= 0.6 is 11.8 Å². The van der Waals surface area contributed by atoms with Gasteiger partial charge in [-0.15, -0.1) is 11.8 Å². The van der Waals surface area contributed by atoms with Gasteiger partial charge in [0.25, 0.3) is 0 Å². The van der Waals surface area contributed by atoms with Crippen LogP contribution in [0.4, 0.5) is 0 Å². The van der Waals surface area contributed by atoms with Crippen LogP contribution in [0.3, 0.4) is 0 Å². The SMILES string of the molecule is CCNCc1ccc(SCCCOCCOC)cc1. The minimum Gasteiger partial charge on any atom is -0.382 e. The van der Waals surface area contributed by atoms with Gasteiger partial charge in [0.05, 0.1) is 13.2 Å². The Hall–Kier alpha value is -0.550. The van der Waals surface area contributed by atoms with Crippen molar-refractivity contribution in [3.05, 3.63) is 29.8 Å². The third-order valence-corrected chi connectivity index (χ3v) is 3.73. The van der Waals surface area contributed by atoms with E-state index >= 15 is 0 Å². The molecule has 0 saturated heterocycles. The lowest BCUT2D eigenvalue weighted by molar-refractivity contribution is 0.0713. The molecular weight excluding hydrogens is 258 g/mol.